The fourth-order valence-electron chi connectivity index (χ4n) is 2.64. The molecule has 0 fully saturated rings. The van der Waals surface area contributed by atoms with Crippen molar-refractivity contribution < 1.29 is 13.6 Å². The molecule has 2 heterocycles. The van der Waals surface area contributed by atoms with Crippen molar-refractivity contribution in [3.05, 3.63) is 59.9 Å². The van der Waals surface area contributed by atoms with Crippen LogP contribution in [0.1, 0.15) is 17.2 Å². The van der Waals surface area contributed by atoms with E-state index in [4.69, 9.17) is 20.0 Å². The van der Waals surface area contributed by atoms with Crippen molar-refractivity contribution in [2.24, 2.45) is 0 Å². The van der Waals surface area contributed by atoms with Crippen LogP contribution in [-0.2, 0) is 13.1 Å². The number of benzene rings is 1. The average molecular weight is 336 g/mol. The molecular weight excluding hydrogens is 316 g/mol. The number of rotatable bonds is 7. The van der Waals surface area contributed by atoms with Gasteiger partial charge in [-0.25, -0.2) is 4.98 Å². The van der Waals surface area contributed by atoms with Gasteiger partial charge in [0.2, 0.25) is 5.89 Å². The minimum Gasteiger partial charge on any atom is -0.496 e. The summed E-state index contributed by atoms with van der Waals surface area (Å²) in [5.41, 5.74) is 1.68. The van der Waals surface area contributed by atoms with Gasteiger partial charge >= 0.3 is 0 Å². The monoisotopic (exact) mass is 336 g/mol. The number of para-hydroxylation sites is 1. The zero-order valence-corrected chi connectivity index (χ0v) is 14.4. The summed E-state index contributed by atoms with van der Waals surface area (Å²) in [5.74, 6) is 5.58. The van der Waals surface area contributed by atoms with Crippen molar-refractivity contribution in [2.45, 2.75) is 20.0 Å². The molecule has 0 aliphatic rings. The van der Waals surface area contributed by atoms with Crippen LogP contribution in [0.3, 0.4) is 0 Å². The summed E-state index contributed by atoms with van der Waals surface area (Å²) in [6, 6.07) is 11.5. The molecule has 1 aromatic carbocycles. The highest BCUT2D eigenvalue weighted by Gasteiger charge is 2.17. The van der Waals surface area contributed by atoms with Gasteiger partial charge in [0.15, 0.2) is 0 Å². The van der Waals surface area contributed by atoms with Crippen LogP contribution >= 0.6 is 0 Å². The normalized spacial score (nSPS) is 10.8. The summed E-state index contributed by atoms with van der Waals surface area (Å²) >= 11 is 0. The van der Waals surface area contributed by atoms with E-state index in [0.29, 0.717) is 25.5 Å². The minimum atomic E-state index is 0.497. The van der Waals surface area contributed by atoms with E-state index in [9.17, 15) is 0 Å². The summed E-state index contributed by atoms with van der Waals surface area (Å²) < 4.78 is 16.7. The molecule has 0 saturated heterocycles. The molecule has 25 heavy (non-hydrogen) atoms. The Morgan fingerprint density at radius 2 is 2.04 bits per heavy atom. The number of aromatic nitrogens is 1. The maximum Gasteiger partial charge on any atom is 0.230 e. The zero-order valence-electron chi connectivity index (χ0n) is 14.4. The van der Waals surface area contributed by atoms with Gasteiger partial charge in [-0.1, -0.05) is 18.1 Å². The number of aryl methyl sites for hydroxylation is 1. The molecule has 5 heteroatoms. The van der Waals surface area contributed by atoms with Crippen LogP contribution in [0, 0.1) is 19.3 Å². The summed E-state index contributed by atoms with van der Waals surface area (Å²) in [6.45, 7) is 3.60. The Bertz CT molecular complexity index is 859. The van der Waals surface area contributed by atoms with E-state index in [2.05, 4.69) is 15.8 Å². The molecule has 0 spiro atoms. The topological polar surface area (TPSA) is 51.6 Å². The molecule has 5 nitrogen and oxygen atoms in total. The molecule has 0 aliphatic carbocycles. The summed E-state index contributed by atoms with van der Waals surface area (Å²) in [4.78, 5) is 6.73. The Kier molecular flexibility index (Phi) is 5.22. The van der Waals surface area contributed by atoms with Gasteiger partial charge in [0.25, 0.3) is 0 Å². The van der Waals surface area contributed by atoms with Crippen LogP contribution in [0.4, 0.5) is 0 Å². The first-order valence-electron chi connectivity index (χ1n) is 7.99. The maximum atomic E-state index is 5.86. The summed E-state index contributed by atoms with van der Waals surface area (Å²) in [7, 11) is 1.63. The fourth-order valence-corrected chi connectivity index (χ4v) is 2.64. The van der Waals surface area contributed by atoms with E-state index in [0.717, 1.165) is 28.5 Å². The van der Waals surface area contributed by atoms with Gasteiger partial charge in [0, 0.05) is 6.54 Å². The number of hydrogen-bond donors (Lipinski definition) is 0. The van der Waals surface area contributed by atoms with Gasteiger partial charge in [0.05, 0.1) is 37.7 Å². The molecule has 0 N–H and O–H groups in total. The predicted octanol–water partition coefficient (Wildman–Crippen LogP) is 3.89. The Morgan fingerprint density at radius 3 is 2.76 bits per heavy atom. The second-order valence-corrected chi connectivity index (χ2v) is 5.65. The smallest absolute Gasteiger partial charge is 0.230 e. The Balaban J connectivity index is 1.82. The number of nitrogens with zero attached hydrogens (tertiary/aromatic N) is 2. The van der Waals surface area contributed by atoms with Crippen LogP contribution < -0.4 is 4.74 Å². The molecule has 0 aliphatic heterocycles. The Labute approximate surface area is 147 Å². The standard InChI is InChI=1S/C20H20N2O3/c1-4-11-22(13-16-8-7-12-24-16)14-18-15(2)25-20(21-18)17-9-5-6-10-19(17)23-3/h1,5-10,12H,11,13-14H2,2-3H3. The van der Waals surface area contributed by atoms with Crippen LogP contribution in [0.25, 0.3) is 11.5 Å². The second-order valence-electron chi connectivity index (χ2n) is 5.65. The van der Waals surface area contributed by atoms with Crippen molar-refractivity contribution in [3.8, 4) is 29.5 Å². The molecule has 0 radical (unpaired) electrons. The van der Waals surface area contributed by atoms with Crippen molar-refractivity contribution in [2.75, 3.05) is 13.7 Å². The summed E-state index contributed by atoms with van der Waals surface area (Å²) in [5, 5.41) is 0. The summed E-state index contributed by atoms with van der Waals surface area (Å²) in [6.07, 6.45) is 7.16. The van der Waals surface area contributed by atoms with E-state index in [1.807, 2.05) is 43.3 Å². The lowest BCUT2D eigenvalue weighted by molar-refractivity contribution is 0.260. The first-order chi connectivity index (χ1) is 12.2. The van der Waals surface area contributed by atoms with E-state index >= 15 is 0 Å². The van der Waals surface area contributed by atoms with Gasteiger partial charge in [-0.05, 0) is 31.2 Å². The van der Waals surface area contributed by atoms with Gasteiger partial charge < -0.3 is 13.6 Å². The SMILES string of the molecule is C#CCN(Cc1ccco1)Cc1nc(-c2ccccc2OC)oc1C. The highest BCUT2D eigenvalue weighted by molar-refractivity contribution is 5.62. The van der Waals surface area contributed by atoms with Crippen molar-refractivity contribution in [1.29, 1.82) is 0 Å². The lowest BCUT2D eigenvalue weighted by Gasteiger charge is -2.17. The fraction of sp³-hybridized carbons (Fsp3) is 0.250. The minimum absolute atomic E-state index is 0.497. The number of ether oxygens (including phenoxy) is 1. The molecule has 0 saturated carbocycles. The third-order valence-electron chi connectivity index (χ3n) is 3.88. The van der Waals surface area contributed by atoms with Crippen molar-refractivity contribution >= 4 is 0 Å². The number of furan rings is 1. The van der Waals surface area contributed by atoms with Crippen LogP contribution in [0.15, 0.2) is 51.5 Å². The van der Waals surface area contributed by atoms with Crippen LogP contribution in [-0.4, -0.2) is 23.5 Å². The van der Waals surface area contributed by atoms with Gasteiger partial charge in [-0.15, -0.1) is 6.42 Å². The van der Waals surface area contributed by atoms with Crippen molar-refractivity contribution in [1.82, 2.24) is 9.88 Å². The lowest BCUT2D eigenvalue weighted by atomic mass is 10.2. The number of terminal acetylenes is 1. The number of hydrogen-bond acceptors (Lipinski definition) is 5. The molecule has 3 rings (SSSR count). The third-order valence-corrected chi connectivity index (χ3v) is 3.88. The largest absolute Gasteiger partial charge is 0.496 e. The maximum absolute atomic E-state index is 5.86. The Hall–Kier alpha value is -2.97. The molecule has 128 valence electrons. The average Bonchev–Trinajstić information content (AvgIpc) is 3.25. The highest BCUT2D eigenvalue weighted by atomic mass is 16.5. The van der Waals surface area contributed by atoms with Gasteiger partial charge in [-0.3, -0.25) is 4.90 Å². The van der Waals surface area contributed by atoms with Crippen LogP contribution in [0.2, 0.25) is 0 Å². The molecule has 0 atom stereocenters. The van der Waals surface area contributed by atoms with Crippen molar-refractivity contribution in [3.63, 3.8) is 0 Å². The third kappa shape index (κ3) is 3.93. The molecule has 0 amide bonds. The first-order valence-corrected chi connectivity index (χ1v) is 7.99. The second kappa shape index (κ2) is 7.73. The van der Waals surface area contributed by atoms with E-state index < -0.39 is 0 Å². The highest BCUT2D eigenvalue weighted by Crippen LogP contribution is 2.30. The number of methoxy groups -OCH3 is 1. The zero-order chi connectivity index (χ0) is 17.6. The first kappa shape index (κ1) is 16.9. The van der Waals surface area contributed by atoms with E-state index in [1.54, 1.807) is 13.4 Å². The quantitative estimate of drug-likeness (QED) is 0.613. The Morgan fingerprint density at radius 1 is 1.20 bits per heavy atom. The van der Waals surface area contributed by atoms with E-state index in [1.165, 1.54) is 0 Å². The molecule has 2 aromatic heterocycles. The molecular formula is C20H20N2O3. The van der Waals surface area contributed by atoms with Crippen LogP contribution in [0.5, 0.6) is 5.75 Å². The van der Waals surface area contributed by atoms with Gasteiger partial charge in [0.1, 0.15) is 17.3 Å². The molecule has 3 aromatic rings. The van der Waals surface area contributed by atoms with Gasteiger partial charge in [-0.2, -0.15) is 0 Å². The van der Waals surface area contributed by atoms with E-state index in [-0.39, 0.29) is 0 Å². The predicted molar refractivity (Wildman–Crippen MR) is 94.9 cm³/mol. The molecule has 0 bridgehead atoms. The molecule has 0 unspecified atom stereocenters. The number of oxazole rings is 1. The lowest BCUT2D eigenvalue weighted by Crippen LogP contribution is -2.23.